The molecule has 0 radical (unpaired) electrons. The first-order valence-electron chi connectivity index (χ1n) is 5.67. The van der Waals surface area contributed by atoms with E-state index in [9.17, 15) is 14.9 Å². The number of carbonyl (C=O) groups excluding carboxylic acids is 1. The highest BCUT2D eigenvalue weighted by Gasteiger charge is 2.30. The second-order valence-corrected chi connectivity index (χ2v) is 4.44. The summed E-state index contributed by atoms with van der Waals surface area (Å²) in [5.41, 5.74) is 4.80. The lowest BCUT2D eigenvalue weighted by atomic mass is 10.0. The van der Waals surface area contributed by atoms with Gasteiger partial charge in [0.1, 0.15) is 17.9 Å². The number of benzene rings is 1. The monoisotopic (exact) mass is 267 g/mol. The Morgan fingerprint density at radius 2 is 2.21 bits per heavy atom. The van der Waals surface area contributed by atoms with Gasteiger partial charge in [0.25, 0.3) is 5.69 Å². The average Bonchev–Trinajstić information content (AvgIpc) is 2.35. The van der Waals surface area contributed by atoms with Gasteiger partial charge < -0.3 is 15.8 Å². The van der Waals surface area contributed by atoms with Crippen LogP contribution in [-0.2, 0) is 4.79 Å². The Labute approximate surface area is 110 Å². The molecule has 0 aliphatic carbocycles. The number of nitro benzene ring substituents is 1. The first kappa shape index (κ1) is 14.9. The Morgan fingerprint density at radius 1 is 1.58 bits per heavy atom. The zero-order chi connectivity index (χ0) is 14.6. The number of nitro groups is 1. The molecule has 1 atom stereocenters. The summed E-state index contributed by atoms with van der Waals surface area (Å²) < 4.78 is 5.45. The molecule has 1 amide bonds. The van der Waals surface area contributed by atoms with Crippen molar-refractivity contribution in [2.45, 2.75) is 19.4 Å². The van der Waals surface area contributed by atoms with Crippen molar-refractivity contribution in [3.8, 4) is 5.75 Å². The van der Waals surface area contributed by atoms with Crippen LogP contribution in [0.4, 0.5) is 5.69 Å². The van der Waals surface area contributed by atoms with Crippen LogP contribution in [0.3, 0.4) is 0 Å². The van der Waals surface area contributed by atoms with Crippen LogP contribution in [0.15, 0.2) is 18.2 Å². The molecule has 19 heavy (non-hydrogen) atoms. The molecule has 1 unspecified atom stereocenters. The Balaban J connectivity index is 2.82. The largest absolute Gasteiger partial charge is 0.491 e. The van der Waals surface area contributed by atoms with Crippen molar-refractivity contribution in [3.05, 3.63) is 33.9 Å². The van der Waals surface area contributed by atoms with Crippen molar-refractivity contribution >= 4 is 11.6 Å². The summed E-state index contributed by atoms with van der Waals surface area (Å²) in [5, 5.41) is 13.5. The van der Waals surface area contributed by atoms with Gasteiger partial charge in [-0.05, 0) is 33.0 Å². The first-order valence-corrected chi connectivity index (χ1v) is 5.67. The fraction of sp³-hybridized carbons (Fsp3) is 0.417. The van der Waals surface area contributed by atoms with E-state index < -0.39 is 16.4 Å². The number of carbonyl (C=O) groups is 1. The fourth-order valence-corrected chi connectivity index (χ4v) is 1.42. The third-order valence-corrected chi connectivity index (χ3v) is 2.99. The van der Waals surface area contributed by atoms with Crippen molar-refractivity contribution in [3.63, 3.8) is 0 Å². The molecule has 7 heteroatoms. The molecule has 1 aromatic carbocycles. The molecule has 7 nitrogen and oxygen atoms in total. The van der Waals surface area contributed by atoms with E-state index in [1.807, 2.05) is 0 Å². The highest BCUT2D eigenvalue weighted by molar-refractivity contribution is 5.84. The molecule has 0 aromatic heterocycles. The van der Waals surface area contributed by atoms with Gasteiger partial charge in [-0.1, -0.05) is 0 Å². The number of aryl methyl sites for hydroxylation is 1. The van der Waals surface area contributed by atoms with Crippen LogP contribution >= 0.6 is 0 Å². The molecule has 0 spiro atoms. The van der Waals surface area contributed by atoms with Crippen molar-refractivity contribution in [2.24, 2.45) is 5.73 Å². The fourth-order valence-electron chi connectivity index (χ4n) is 1.42. The number of rotatable bonds is 6. The molecule has 0 saturated carbocycles. The lowest BCUT2D eigenvalue weighted by Crippen LogP contribution is -2.55. The van der Waals surface area contributed by atoms with E-state index >= 15 is 0 Å². The zero-order valence-electron chi connectivity index (χ0n) is 11.1. The van der Waals surface area contributed by atoms with Gasteiger partial charge in [0, 0.05) is 11.6 Å². The highest BCUT2D eigenvalue weighted by Crippen LogP contribution is 2.23. The minimum Gasteiger partial charge on any atom is -0.491 e. The third kappa shape index (κ3) is 3.41. The van der Waals surface area contributed by atoms with E-state index in [1.165, 1.54) is 12.1 Å². The quantitative estimate of drug-likeness (QED) is 0.584. The molecular formula is C12H17N3O4. The summed E-state index contributed by atoms with van der Waals surface area (Å²) in [6.07, 6.45) is 0. The van der Waals surface area contributed by atoms with E-state index in [-0.39, 0.29) is 12.3 Å². The highest BCUT2D eigenvalue weighted by atomic mass is 16.6. The number of primary amides is 1. The Kier molecular flexibility index (Phi) is 4.44. The van der Waals surface area contributed by atoms with Crippen molar-refractivity contribution < 1.29 is 14.5 Å². The molecule has 0 heterocycles. The number of likely N-dealkylation sites (N-methyl/N-ethyl adjacent to an activating group) is 1. The number of nitrogens with two attached hydrogens (primary N) is 1. The molecule has 0 aliphatic heterocycles. The Hall–Kier alpha value is -2.15. The van der Waals surface area contributed by atoms with E-state index in [1.54, 1.807) is 27.0 Å². The Bertz CT molecular complexity index is 504. The summed E-state index contributed by atoms with van der Waals surface area (Å²) >= 11 is 0. The SMILES string of the molecule is CNC(C)(COc1ccc([N+](=O)[O-])c(C)c1)C(N)=O. The molecule has 0 fully saturated rings. The number of ether oxygens (including phenoxy) is 1. The second kappa shape index (κ2) is 5.66. The van der Waals surface area contributed by atoms with Gasteiger partial charge in [-0.3, -0.25) is 14.9 Å². The van der Waals surface area contributed by atoms with Crippen molar-refractivity contribution in [1.29, 1.82) is 0 Å². The van der Waals surface area contributed by atoms with Crippen LogP contribution < -0.4 is 15.8 Å². The molecule has 104 valence electrons. The lowest BCUT2D eigenvalue weighted by Gasteiger charge is -2.25. The van der Waals surface area contributed by atoms with Crippen LogP contribution in [0.1, 0.15) is 12.5 Å². The summed E-state index contributed by atoms with van der Waals surface area (Å²) in [6, 6.07) is 4.41. The van der Waals surface area contributed by atoms with Crippen LogP contribution in [-0.4, -0.2) is 30.0 Å². The normalized spacial score (nSPS) is 13.6. The van der Waals surface area contributed by atoms with Gasteiger partial charge in [0.2, 0.25) is 5.91 Å². The van der Waals surface area contributed by atoms with Crippen LogP contribution in [0.25, 0.3) is 0 Å². The van der Waals surface area contributed by atoms with Gasteiger partial charge in [0.05, 0.1) is 4.92 Å². The lowest BCUT2D eigenvalue weighted by molar-refractivity contribution is -0.385. The van der Waals surface area contributed by atoms with Gasteiger partial charge in [0.15, 0.2) is 0 Å². The number of nitrogens with zero attached hydrogens (tertiary/aromatic N) is 1. The predicted molar refractivity (Wildman–Crippen MR) is 70.0 cm³/mol. The predicted octanol–water partition coefficient (Wildman–Crippen LogP) is 0.745. The minimum atomic E-state index is -0.990. The number of hydrogen-bond donors (Lipinski definition) is 2. The maximum Gasteiger partial charge on any atom is 0.272 e. The molecule has 0 bridgehead atoms. The van der Waals surface area contributed by atoms with Gasteiger partial charge in [-0.15, -0.1) is 0 Å². The molecule has 3 N–H and O–H groups in total. The summed E-state index contributed by atoms with van der Waals surface area (Å²) in [5.74, 6) is -0.0838. The van der Waals surface area contributed by atoms with Gasteiger partial charge >= 0.3 is 0 Å². The van der Waals surface area contributed by atoms with Gasteiger partial charge in [-0.2, -0.15) is 0 Å². The minimum absolute atomic E-state index is 0.0265. The van der Waals surface area contributed by atoms with Crippen molar-refractivity contribution in [1.82, 2.24) is 5.32 Å². The van der Waals surface area contributed by atoms with E-state index in [2.05, 4.69) is 5.32 Å². The molecular weight excluding hydrogens is 250 g/mol. The average molecular weight is 267 g/mol. The number of hydrogen-bond acceptors (Lipinski definition) is 5. The standard InChI is InChI=1S/C12H17N3O4/c1-8-6-9(4-5-10(8)15(17)18)19-7-12(2,14-3)11(13)16/h4-6,14H,7H2,1-3H3,(H2,13,16). The first-order chi connectivity index (χ1) is 8.80. The number of amides is 1. The maximum absolute atomic E-state index is 11.3. The van der Waals surface area contributed by atoms with Crippen LogP contribution in [0, 0.1) is 17.0 Å². The van der Waals surface area contributed by atoms with Crippen LogP contribution in [0.5, 0.6) is 5.75 Å². The van der Waals surface area contributed by atoms with E-state index in [0.29, 0.717) is 11.3 Å². The second-order valence-electron chi connectivity index (χ2n) is 4.44. The summed E-state index contributed by atoms with van der Waals surface area (Å²) in [6.45, 7) is 3.28. The topological polar surface area (TPSA) is 107 Å². The molecule has 1 aromatic rings. The summed E-state index contributed by atoms with van der Waals surface area (Å²) in [4.78, 5) is 21.5. The van der Waals surface area contributed by atoms with Gasteiger partial charge in [-0.25, -0.2) is 0 Å². The molecule has 0 aliphatic rings. The smallest absolute Gasteiger partial charge is 0.272 e. The molecule has 1 rings (SSSR count). The van der Waals surface area contributed by atoms with Crippen LogP contribution in [0.2, 0.25) is 0 Å². The third-order valence-electron chi connectivity index (χ3n) is 2.99. The maximum atomic E-state index is 11.3. The van der Waals surface area contributed by atoms with E-state index in [4.69, 9.17) is 10.5 Å². The Morgan fingerprint density at radius 3 is 2.63 bits per heavy atom. The summed E-state index contributed by atoms with van der Waals surface area (Å²) in [7, 11) is 1.61. The molecule has 0 saturated heterocycles. The number of nitrogens with one attached hydrogen (secondary N) is 1. The zero-order valence-corrected chi connectivity index (χ0v) is 11.1. The van der Waals surface area contributed by atoms with Crippen molar-refractivity contribution in [2.75, 3.05) is 13.7 Å². The van der Waals surface area contributed by atoms with E-state index in [0.717, 1.165) is 0 Å².